The molecule has 0 spiro atoms. The number of hydrogen-bond donors (Lipinski definition) is 3. The van der Waals surface area contributed by atoms with Crippen molar-refractivity contribution in [2.24, 2.45) is 0 Å². The van der Waals surface area contributed by atoms with Crippen LogP contribution in [0, 0.1) is 0 Å². The van der Waals surface area contributed by atoms with Crippen LogP contribution < -0.4 is 10.1 Å². The molecule has 1 atom stereocenters. The van der Waals surface area contributed by atoms with E-state index in [2.05, 4.69) is 36.3 Å². The monoisotopic (exact) mass is 456 g/mol. The molecule has 6 heteroatoms. The van der Waals surface area contributed by atoms with Crippen molar-refractivity contribution < 1.29 is 19.4 Å². The number of benzene rings is 3. The number of hydrogen-bond acceptors (Lipinski definition) is 3. The maximum atomic E-state index is 12.4. The van der Waals surface area contributed by atoms with Gasteiger partial charge in [-0.1, -0.05) is 74.5 Å². The largest absolute Gasteiger partial charge is 0.484 e. The maximum Gasteiger partial charge on any atom is 0.326 e. The van der Waals surface area contributed by atoms with Crippen LogP contribution in [0.25, 0.3) is 10.9 Å². The van der Waals surface area contributed by atoms with Crippen molar-refractivity contribution in [3.05, 3.63) is 102 Å². The Bertz CT molecular complexity index is 1280. The van der Waals surface area contributed by atoms with Crippen molar-refractivity contribution in [1.82, 2.24) is 10.3 Å². The predicted octanol–water partition coefficient (Wildman–Crippen LogP) is 4.68. The Kier molecular flexibility index (Phi) is 6.68. The predicted molar refractivity (Wildman–Crippen MR) is 132 cm³/mol. The van der Waals surface area contributed by atoms with Crippen LogP contribution in [-0.2, 0) is 21.4 Å². The quantitative estimate of drug-likeness (QED) is 0.341. The van der Waals surface area contributed by atoms with Crippen LogP contribution in [0.4, 0.5) is 0 Å². The van der Waals surface area contributed by atoms with Crippen LogP contribution in [0.3, 0.4) is 0 Å². The van der Waals surface area contributed by atoms with Crippen molar-refractivity contribution in [2.45, 2.75) is 31.7 Å². The number of ether oxygens (including phenoxy) is 1. The first-order valence-electron chi connectivity index (χ1n) is 11.2. The number of carboxylic acid groups (broad SMARTS) is 1. The number of para-hydroxylation sites is 1. The number of amides is 1. The van der Waals surface area contributed by atoms with Gasteiger partial charge in [-0.25, -0.2) is 4.79 Å². The van der Waals surface area contributed by atoms with Gasteiger partial charge in [-0.15, -0.1) is 0 Å². The topological polar surface area (TPSA) is 91.4 Å². The van der Waals surface area contributed by atoms with Crippen LogP contribution in [0.2, 0.25) is 0 Å². The van der Waals surface area contributed by atoms with Crippen molar-refractivity contribution >= 4 is 22.8 Å². The number of nitrogens with one attached hydrogen (secondary N) is 2. The van der Waals surface area contributed by atoms with Gasteiger partial charge in [0.2, 0.25) is 0 Å². The van der Waals surface area contributed by atoms with E-state index in [4.69, 9.17) is 4.74 Å². The van der Waals surface area contributed by atoms with E-state index in [0.29, 0.717) is 5.75 Å². The molecule has 6 nitrogen and oxygen atoms in total. The van der Waals surface area contributed by atoms with Gasteiger partial charge in [0, 0.05) is 28.9 Å². The molecule has 3 aromatic carbocycles. The van der Waals surface area contributed by atoms with Crippen molar-refractivity contribution in [1.29, 1.82) is 0 Å². The molecule has 0 radical (unpaired) electrons. The molecule has 0 aliphatic carbocycles. The first kappa shape index (κ1) is 23.1. The Labute approximate surface area is 198 Å². The third-order valence-corrected chi connectivity index (χ3v) is 6.17. The van der Waals surface area contributed by atoms with E-state index in [1.165, 1.54) is 5.56 Å². The average molecular weight is 457 g/mol. The zero-order valence-electron chi connectivity index (χ0n) is 19.2. The lowest BCUT2D eigenvalue weighted by Gasteiger charge is -2.26. The molecule has 0 aliphatic rings. The lowest BCUT2D eigenvalue weighted by atomic mass is 9.78. The number of aromatic nitrogens is 1. The van der Waals surface area contributed by atoms with Gasteiger partial charge >= 0.3 is 5.97 Å². The molecule has 4 aromatic rings. The van der Waals surface area contributed by atoms with Gasteiger partial charge in [0.05, 0.1) is 0 Å². The number of rotatable bonds is 9. The Morgan fingerprint density at radius 2 is 1.59 bits per heavy atom. The number of aromatic amines is 1. The number of aliphatic carboxylic acids is 1. The minimum Gasteiger partial charge on any atom is -0.484 e. The van der Waals surface area contributed by atoms with Crippen LogP contribution in [0.15, 0.2) is 85.1 Å². The summed E-state index contributed by atoms with van der Waals surface area (Å²) < 4.78 is 5.62. The molecule has 4 rings (SSSR count). The van der Waals surface area contributed by atoms with E-state index < -0.39 is 17.9 Å². The standard InChI is InChI=1S/C28H28N2O4/c1-28(2,20-8-4-3-5-9-20)21-12-14-22(15-13-21)34-18-26(31)30-25(27(32)33)16-19-17-29-24-11-7-6-10-23(19)24/h3-15,17,25,29H,16,18H2,1-2H3,(H,30,31)(H,32,33). The molecular weight excluding hydrogens is 428 g/mol. The normalized spacial score (nSPS) is 12.3. The number of fused-ring (bicyclic) bond motifs is 1. The molecule has 0 saturated heterocycles. The van der Waals surface area contributed by atoms with Gasteiger partial charge in [-0.2, -0.15) is 0 Å². The first-order chi connectivity index (χ1) is 16.3. The van der Waals surface area contributed by atoms with E-state index in [-0.39, 0.29) is 18.4 Å². The molecule has 0 aliphatic heterocycles. The number of carbonyl (C=O) groups is 2. The summed E-state index contributed by atoms with van der Waals surface area (Å²) in [5.41, 5.74) is 3.92. The second-order valence-electron chi connectivity index (χ2n) is 8.83. The fourth-order valence-corrected chi connectivity index (χ4v) is 4.09. The van der Waals surface area contributed by atoms with E-state index in [9.17, 15) is 14.7 Å². The van der Waals surface area contributed by atoms with Crippen LogP contribution in [-0.4, -0.2) is 34.6 Å². The van der Waals surface area contributed by atoms with E-state index >= 15 is 0 Å². The highest BCUT2D eigenvalue weighted by molar-refractivity contribution is 5.87. The molecule has 1 heterocycles. The minimum absolute atomic E-state index is 0.172. The highest BCUT2D eigenvalue weighted by Gasteiger charge is 2.24. The third-order valence-electron chi connectivity index (χ3n) is 6.17. The van der Waals surface area contributed by atoms with Crippen LogP contribution in [0.1, 0.15) is 30.5 Å². The molecule has 1 aromatic heterocycles. The second kappa shape index (κ2) is 9.83. The van der Waals surface area contributed by atoms with Gasteiger partial charge in [0.25, 0.3) is 5.91 Å². The molecule has 0 fully saturated rings. The summed E-state index contributed by atoms with van der Waals surface area (Å²) in [6.45, 7) is 4.05. The minimum atomic E-state index is -1.09. The average Bonchev–Trinajstić information content (AvgIpc) is 3.26. The van der Waals surface area contributed by atoms with Gasteiger partial charge < -0.3 is 20.1 Å². The summed E-state index contributed by atoms with van der Waals surface area (Å²) in [6, 6.07) is 24.5. The molecule has 1 unspecified atom stereocenters. The van der Waals surface area contributed by atoms with E-state index in [1.807, 2.05) is 66.7 Å². The summed E-state index contributed by atoms with van der Waals surface area (Å²) in [7, 11) is 0. The third kappa shape index (κ3) is 5.12. The van der Waals surface area contributed by atoms with Gasteiger partial charge in [-0.05, 0) is 34.9 Å². The molecular formula is C28H28N2O4. The van der Waals surface area contributed by atoms with Gasteiger partial charge in [0.15, 0.2) is 6.61 Å². The fourth-order valence-electron chi connectivity index (χ4n) is 4.09. The van der Waals surface area contributed by atoms with Crippen molar-refractivity contribution in [3.63, 3.8) is 0 Å². The zero-order chi connectivity index (χ0) is 24.1. The number of H-pyrrole nitrogens is 1. The summed E-state index contributed by atoms with van der Waals surface area (Å²) in [4.78, 5) is 27.3. The number of carboxylic acids is 1. The summed E-state index contributed by atoms with van der Waals surface area (Å²) in [5, 5.41) is 13.1. The molecule has 0 saturated carbocycles. The van der Waals surface area contributed by atoms with Crippen LogP contribution >= 0.6 is 0 Å². The highest BCUT2D eigenvalue weighted by atomic mass is 16.5. The zero-order valence-corrected chi connectivity index (χ0v) is 19.2. The molecule has 0 bridgehead atoms. The molecule has 3 N–H and O–H groups in total. The smallest absolute Gasteiger partial charge is 0.326 e. The molecule has 1 amide bonds. The summed E-state index contributed by atoms with van der Waals surface area (Å²) in [5.74, 6) is -1.03. The Morgan fingerprint density at radius 1 is 0.941 bits per heavy atom. The number of carbonyl (C=O) groups excluding carboxylic acids is 1. The van der Waals surface area contributed by atoms with E-state index in [0.717, 1.165) is 22.0 Å². The Hall–Kier alpha value is -4.06. The second-order valence-corrected chi connectivity index (χ2v) is 8.83. The van der Waals surface area contributed by atoms with Crippen LogP contribution in [0.5, 0.6) is 5.75 Å². The van der Waals surface area contributed by atoms with Crippen molar-refractivity contribution in [3.8, 4) is 5.75 Å². The lowest BCUT2D eigenvalue weighted by Crippen LogP contribution is -2.44. The summed E-state index contributed by atoms with van der Waals surface area (Å²) in [6.07, 6.45) is 1.95. The van der Waals surface area contributed by atoms with Gasteiger partial charge in [-0.3, -0.25) is 4.79 Å². The Balaban J connectivity index is 1.35. The van der Waals surface area contributed by atoms with Crippen molar-refractivity contribution in [2.75, 3.05) is 6.61 Å². The van der Waals surface area contributed by atoms with E-state index in [1.54, 1.807) is 6.20 Å². The fraction of sp³-hybridized carbons (Fsp3) is 0.214. The highest BCUT2D eigenvalue weighted by Crippen LogP contribution is 2.32. The lowest BCUT2D eigenvalue weighted by molar-refractivity contribution is -0.142. The maximum absolute atomic E-state index is 12.4. The SMILES string of the molecule is CC(C)(c1ccccc1)c1ccc(OCC(=O)NC(Cc2c[nH]c3ccccc23)C(=O)O)cc1. The molecule has 174 valence electrons. The van der Waals surface area contributed by atoms with Gasteiger partial charge in [0.1, 0.15) is 11.8 Å². The summed E-state index contributed by atoms with van der Waals surface area (Å²) >= 11 is 0. The first-order valence-corrected chi connectivity index (χ1v) is 11.2. The Morgan fingerprint density at radius 3 is 2.29 bits per heavy atom. The molecule has 34 heavy (non-hydrogen) atoms.